The van der Waals surface area contributed by atoms with Crippen LogP contribution in [0.2, 0.25) is 0 Å². The van der Waals surface area contributed by atoms with E-state index in [-0.39, 0.29) is 51.0 Å². The maximum atomic E-state index is 15.3. The zero-order chi connectivity index (χ0) is 43.3. The quantitative estimate of drug-likeness (QED) is 0.194. The fourth-order valence-corrected chi connectivity index (χ4v) is 14.4. The first-order chi connectivity index (χ1) is 25.1. The van der Waals surface area contributed by atoms with Gasteiger partial charge in [0.25, 0.3) is 0 Å². The van der Waals surface area contributed by atoms with E-state index >= 15 is 4.79 Å². The molecule has 4 rings (SSSR count). The van der Waals surface area contributed by atoms with Crippen LogP contribution in [-0.4, -0.2) is 117 Å². The third-order valence-corrected chi connectivity index (χ3v) is 18.0. The lowest BCUT2D eigenvalue weighted by Gasteiger charge is -2.71. The highest BCUT2D eigenvalue weighted by Crippen LogP contribution is 2.72. The number of rotatable bonds is 11. The Kier molecular flexibility index (Phi) is 12.1. The molecule has 4 aliphatic heterocycles. The van der Waals surface area contributed by atoms with Gasteiger partial charge in [0.05, 0.1) is 5.41 Å². The van der Waals surface area contributed by atoms with Crippen LogP contribution in [0, 0.1) is 39.9 Å². The summed E-state index contributed by atoms with van der Waals surface area (Å²) in [7, 11) is 8.74. The minimum atomic E-state index is -2.59. The Bertz CT molecular complexity index is 1370. The SMILES string of the molecule is CN1C(C)(C)CC(CC(C2CC(C)(C)N(C)C(C)(C)C2)(C2CC(C)(C)N(C)C(C)(C)C2)C([C]=O)(C2CC(C)(C)N(C)C(C)(C)C2)C([C]=O)([C]=O)[C]=O)CC1(C)C. The van der Waals surface area contributed by atoms with Crippen molar-refractivity contribution in [1.29, 1.82) is 0 Å². The van der Waals surface area contributed by atoms with E-state index in [9.17, 15) is 14.4 Å². The van der Waals surface area contributed by atoms with Crippen molar-refractivity contribution < 1.29 is 19.2 Å². The summed E-state index contributed by atoms with van der Waals surface area (Å²) >= 11 is 0. The smallest absolute Gasteiger partial charge is 0.223 e. The van der Waals surface area contributed by atoms with Gasteiger partial charge in [0.2, 0.25) is 25.1 Å². The van der Waals surface area contributed by atoms with Gasteiger partial charge in [0.1, 0.15) is 0 Å². The predicted molar refractivity (Wildman–Crippen MR) is 229 cm³/mol. The van der Waals surface area contributed by atoms with Crippen LogP contribution in [0.1, 0.15) is 169 Å². The van der Waals surface area contributed by atoms with Crippen molar-refractivity contribution in [3.63, 3.8) is 0 Å². The van der Waals surface area contributed by atoms with E-state index in [1.807, 2.05) is 18.9 Å². The molecular formula is C48H82N4O4. The van der Waals surface area contributed by atoms with E-state index in [1.165, 1.54) is 0 Å². The minimum Gasteiger partial charge on any atom is -0.296 e. The van der Waals surface area contributed by atoms with Crippen LogP contribution < -0.4 is 0 Å². The summed E-state index contributed by atoms with van der Waals surface area (Å²) in [4.78, 5) is 67.2. The first-order valence-electron chi connectivity index (χ1n) is 21.6. The molecule has 4 aliphatic rings. The molecule has 4 radical (unpaired) electrons. The van der Waals surface area contributed by atoms with Crippen LogP contribution in [0.5, 0.6) is 0 Å². The molecule has 0 aromatic carbocycles. The standard InChI is InChI=1S/C48H82N4O4/c1-38(2)21-34(22-39(3,4)49(38)17)23-47(35-24-40(5,6)50(18)41(7,8)25-35,36-26-42(9,10)51(19)43(11,12)27-36)48(33-56,46(30-53,31-54)32-55)37-28-44(13,14)52(20)45(15,16)29-37/h34-37H,21-29H2,1-20H3. The minimum absolute atomic E-state index is 0.121. The maximum absolute atomic E-state index is 15.3. The van der Waals surface area contributed by atoms with Gasteiger partial charge in [-0.25, -0.2) is 0 Å². The Morgan fingerprint density at radius 2 is 0.625 bits per heavy atom. The van der Waals surface area contributed by atoms with Crippen molar-refractivity contribution in [2.75, 3.05) is 28.2 Å². The van der Waals surface area contributed by atoms with Crippen molar-refractivity contribution >= 4 is 25.1 Å². The van der Waals surface area contributed by atoms with E-state index in [0.717, 1.165) is 38.5 Å². The summed E-state index contributed by atoms with van der Waals surface area (Å²) < 4.78 is 0. The van der Waals surface area contributed by atoms with Gasteiger partial charge in [0, 0.05) is 44.3 Å². The second kappa shape index (κ2) is 14.3. The average molecular weight is 779 g/mol. The van der Waals surface area contributed by atoms with E-state index in [4.69, 9.17) is 0 Å². The fraction of sp³-hybridized carbons (Fsp3) is 0.917. The molecule has 8 heteroatoms. The first-order valence-corrected chi connectivity index (χ1v) is 21.6. The lowest BCUT2D eigenvalue weighted by molar-refractivity contribution is -0.204. The molecule has 0 bridgehead atoms. The molecule has 0 aromatic rings. The molecule has 4 fully saturated rings. The van der Waals surface area contributed by atoms with Crippen molar-refractivity contribution in [3.05, 3.63) is 0 Å². The number of nitrogens with zero attached hydrogens (tertiary/aromatic N) is 4. The Hall–Kier alpha value is -1.48. The molecule has 318 valence electrons. The molecule has 0 aromatic heterocycles. The zero-order valence-electron chi connectivity index (χ0n) is 39.6. The van der Waals surface area contributed by atoms with Crippen LogP contribution in [-0.2, 0) is 19.2 Å². The average Bonchev–Trinajstić information content (AvgIpc) is 3.04. The van der Waals surface area contributed by atoms with Gasteiger partial charge in [-0.2, -0.15) is 0 Å². The van der Waals surface area contributed by atoms with E-state index in [2.05, 4.69) is 165 Å². The van der Waals surface area contributed by atoms with Gasteiger partial charge in [0.15, 0.2) is 5.41 Å². The van der Waals surface area contributed by atoms with Crippen molar-refractivity contribution in [3.8, 4) is 0 Å². The Morgan fingerprint density at radius 3 is 0.857 bits per heavy atom. The second-order valence-corrected chi connectivity index (χ2v) is 24.5. The number of piperidine rings is 4. The van der Waals surface area contributed by atoms with E-state index in [1.54, 1.807) is 0 Å². The lowest BCUT2D eigenvalue weighted by Crippen LogP contribution is -2.74. The van der Waals surface area contributed by atoms with Crippen molar-refractivity contribution in [2.45, 2.75) is 213 Å². The number of likely N-dealkylation sites (tertiary alicyclic amines) is 4. The lowest BCUT2D eigenvalue weighted by atomic mass is 9.34. The number of hydrogen-bond donors (Lipinski definition) is 0. The van der Waals surface area contributed by atoms with Crippen LogP contribution >= 0.6 is 0 Å². The number of hydrogen-bond acceptors (Lipinski definition) is 8. The molecule has 4 saturated heterocycles. The normalized spacial score (nSPS) is 30.3. The molecule has 0 spiro atoms. The molecule has 0 saturated carbocycles. The highest BCUT2D eigenvalue weighted by molar-refractivity contribution is 6.07. The third kappa shape index (κ3) is 7.16. The van der Waals surface area contributed by atoms with Crippen LogP contribution in [0.3, 0.4) is 0 Å². The molecule has 4 heterocycles. The summed E-state index contributed by atoms with van der Waals surface area (Å²) in [6, 6.07) is 0. The Balaban J connectivity index is 2.33. The molecule has 8 nitrogen and oxygen atoms in total. The highest BCUT2D eigenvalue weighted by atomic mass is 16.2. The maximum Gasteiger partial charge on any atom is 0.223 e. The summed E-state index contributed by atoms with van der Waals surface area (Å²) in [5.74, 6) is -0.752. The molecule has 56 heavy (non-hydrogen) atoms. The third-order valence-electron chi connectivity index (χ3n) is 18.0. The largest absolute Gasteiger partial charge is 0.296 e. The summed E-state index contributed by atoms with van der Waals surface area (Å²) in [6.45, 7) is 36.3. The molecule has 0 aliphatic carbocycles. The summed E-state index contributed by atoms with van der Waals surface area (Å²) in [6.07, 6.45) is 15.0. The van der Waals surface area contributed by atoms with Crippen LogP contribution in [0.4, 0.5) is 0 Å². The molecule has 1 unspecified atom stereocenters. The summed E-state index contributed by atoms with van der Waals surface area (Å²) in [5, 5.41) is 0. The Labute approximate surface area is 344 Å². The Morgan fingerprint density at radius 1 is 0.393 bits per heavy atom. The molecule has 1 atom stereocenters. The van der Waals surface area contributed by atoms with E-state index in [0.29, 0.717) is 19.3 Å². The van der Waals surface area contributed by atoms with Crippen LogP contribution in [0.25, 0.3) is 0 Å². The monoisotopic (exact) mass is 779 g/mol. The molecule has 0 N–H and O–H groups in total. The van der Waals surface area contributed by atoms with Gasteiger partial charge in [-0.15, -0.1) is 0 Å². The fourth-order valence-electron chi connectivity index (χ4n) is 14.4. The number of carbonyl (C=O) groups excluding carboxylic acids is 4. The molecule has 0 amide bonds. The topological polar surface area (TPSA) is 81.2 Å². The van der Waals surface area contributed by atoms with Gasteiger partial charge >= 0.3 is 0 Å². The second-order valence-electron chi connectivity index (χ2n) is 24.5. The van der Waals surface area contributed by atoms with Gasteiger partial charge in [-0.3, -0.25) is 38.8 Å². The zero-order valence-corrected chi connectivity index (χ0v) is 39.6. The summed E-state index contributed by atoms with van der Waals surface area (Å²) in [5.41, 5.74) is -7.96. The van der Waals surface area contributed by atoms with Crippen molar-refractivity contribution in [2.24, 2.45) is 39.9 Å². The van der Waals surface area contributed by atoms with Crippen molar-refractivity contribution in [1.82, 2.24) is 19.6 Å². The molecular weight excluding hydrogens is 697 g/mol. The van der Waals surface area contributed by atoms with Gasteiger partial charge in [-0.05, 0) is 226 Å². The highest BCUT2D eigenvalue weighted by Gasteiger charge is 2.76. The predicted octanol–water partition coefficient (Wildman–Crippen LogP) is 8.37. The van der Waals surface area contributed by atoms with Gasteiger partial charge < -0.3 is 0 Å². The first kappa shape index (κ1) is 47.2. The van der Waals surface area contributed by atoms with Gasteiger partial charge in [-0.1, -0.05) is 0 Å². The van der Waals surface area contributed by atoms with Crippen LogP contribution in [0.15, 0.2) is 0 Å². The van der Waals surface area contributed by atoms with E-state index < -0.39 is 33.2 Å².